The van der Waals surface area contributed by atoms with E-state index >= 15 is 0 Å². The quantitative estimate of drug-likeness (QED) is 0.233. The number of ketones is 1. The van der Waals surface area contributed by atoms with Gasteiger partial charge >= 0.3 is 0 Å². The molecule has 0 N–H and O–H groups in total. The molecule has 0 saturated carbocycles. The lowest BCUT2D eigenvalue weighted by Crippen LogP contribution is -2.07. The number of rotatable bonds is 17. The average Bonchev–Trinajstić information content (AvgIpc) is 2.75. The van der Waals surface area contributed by atoms with Crippen LogP contribution in [-0.2, 0) is 11.2 Å². The first-order chi connectivity index (χ1) is 15.6. The van der Waals surface area contributed by atoms with Gasteiger partial charge in [0.1, 0.15) is 17.3 Å². The maximum Gasteiger partial charge on any atom is 0.133 e. The Balaban J connectivity index is 2.37. The Bertz CT molecular complexity index is 720. The van der Waals surface area contributed by atoms with Gasteiger partial charge in [0.15, 0.2) is 0 Å². The summed E-state index contributed by atoms with van der Waals surface area (Å²) in [6.45, 7) is 15.6. The third-order valence-corrected chi connectivity index (χ3v) is 7.40. The molecule has 33 heavy (non-hydrogen) atoms. The summed E-state index contributed by atoms with van der Waals surface area (Å²) in [7, 11) is 3.43. The van der Waals surface area contributed by atoms with Gasteiger partial charge in [-0.2, -0.15) is 0 Å². The lowest BCUT2D eigenvalue weighted by atomic mass is 9.91. The standard InChI is InChI=1S/C30H52O3/c1-21(2)13-10-14-22(3)15-11-16-23(4)17-12-18-27(31)19-20-28-26(7)29(32-8)24(5)25(6)30(28)33-9/h21-23H,10-20H2,1-9H3/t22-,23-/m1/s1. The largest absolute Gasteiger partial charge is 0.496 e. The van der Waals surface area contributed by atoms with E-state index in [0.717, 1.165) is 64.9 Å². The van der Waals surface area contributed by atoms with Gasteiger partial charge in [0, 0.05) is 18.4 Å². The van der Waals surface area contributed by atoms with Crippen LogP contribution in [0.4, 0.5) is 0 Å². The van der Waals surface area contributed by atoms with Gasteiger partial charge in [0.2, 0.25) is 0 Å². The van der Waals surface area contributed by atoms with Gasteiger partial charge in [-0.25, -0.2) is 0 Å². The van der Waals surface area contributed by atoms with Crippen molar-refractivity contribution in [1.29, 1.82) is 0 Å². The third kappa shape index (κ3) is 10.1. The van der Waals surface area contributed by atoms with E-state index in [-0.39, 0.29) is 0 Å². The fourth-order valence-electron chi connectivity index (χ4n) is 5.05. The van der Waals surface area contributed by atoms with Crippen LogP contribution in [-0.4, -0.2) is 20.0 Å². The van der Waals surface area contributed by atoms with E-state index in [1.165, 1.54) is 38.5 Å². The molecule has 1 aromatic rings. The minimum absolute atomic E-state index is 0.361. The summed E-state index contributed by atoms with van der Waals surface area (Å²) in [5.74, 6) is 4.58. The molecule has 1 aromatic carbocycles. The van der Waals surface area contributed by atoms with Crippen LogP contribution in [0.2, 0.25) is 0 Å². The molecule has 0 aliphatic carbocycles. The summed E-state index contributed by atoms with van der Waals surface area (Å²) < 4.78 is 11.3. The van der Waals surface area contributed by atoms with Crippen molar-refractivity contribution in [1.82, 2.24) is 0 Å². The highest BCUT2D eigenvalue weighted by Gasteiger charge is 2.19. The molecule has 0 spiro atoms. The molecule has 0 fully saturated rings. The number of hydrogen-bond acceptors (Lipinski definition) is 3. The van der Waals surface area contributed by atoms with Crippen LogP contribution in [0, 0.1) is 38.5 Å². The first-order valence-corrected chi connectivity index (χ1v) is 13.3. The first kappa shape index (κ1) is 29.5. The van der Waals surface area contributed by atoms with Crippen molar-refractivity contribution in [2.24, 2.45) is 17.8 Å². The van der Waals surface area contributed by atoms with Crippen LogP contribution >= 0.6 is 0 Å². The summed E-state index contributed by atoms with van der Waals surface area (Å²) in [5, 5.41) is 0. The van der Waals surface area contributed by atoms with E-state index in [2.05, 4.69) is 48.5 Å². The van der Waals surface area contributed by atoms with Gasteiger partial charge in [-0.3, -0.25) is 4.79 Å². The van der Waals surface area contributed by atoms with Crippen LogP contribution < -0.4 is 9.47 Å². The molecular formula is C30H52O3. The SMILES string of the molecule is COc1c(C)c(C)c(OC)c(CCC(=O)CCC[C@H](C)CCC[C@H](C)CCCC(C)C)c1C. The number of carbonyl (C=O) groups is 1. The van der Waals surface area contributed by atoms with E-state index < -0.39 is 0 Å². The molecule has 3 nitrogen and oxygen atoms in total. The highest BCUT2D eigenvalue weighted by molar-refractivity contribution is 5.79. The van der Waals surface area contributed by atoms with Crippen LogP contribution in [0.1, 0.15) is 114 Å². The zero-order valence-corrected chi connectivity index (χ0v) is 23.2. The first-order valence-electron chi connectivity index (χ1n) is 13.3. The number of benzene rings is 1. The summed E-state index contributed by atoms with van der Waals surface area (Å²) in [4.78, 5) is 12.6. The van der Waals surface area contributed by atoms with Crippen LogP contribution in [0.15, 0.2) is 0 Å². The Morgan fingerprint density at radius 1 is 0.667 bits per heavy atom. The zero-order chi connectivity index (χ0) is 25.0. The molecule has 0 saturated heterocycles. The second-order valence-corrected chi connectivity index (χ2v) is 10.8. The Labute approximate surface area is 205 Å². The summed E-state index contributed by atoms with van der Waals surface area (Å²) in [6, 6.07) is 0. The van der Waals surface area contributed by atoms with Gasteiger partial charge in [-0.05, 0) is 68.1 Å². The van der Waals surface area contributed by atoms with E-state index in [4.69, 9.17) is 9.47 Å². The maximum absolute atomic E-state index is 12.6. The lowest BCUT2D eigenvalue weighted by Gasteiger charge is -2.20. The van der Waals surface area contributed by atoms with Crippen molar-refractivity contribution >= 4 is 5.78 Å². The third-order valence-electron chi connectivity index (χ3n) is 7.40. The fourth-order valence-corrected chi connectivity index (χ4v) is 5.05. The molecule has 190 valence electrons. The van der Waals surface area contributed by atoms with Crippen molar-refractivity contribution in [3.8, 4) is 11.5 Å². The predicted octanol–water partition coefficient (Wildman–Crippen LogP) is 8.57. The van der Waals surface area contributed by atoms with Gasteiger partial charge in [-0.1, -0.05) is 72.6 Å². The number of carbonyl (C=O) groups excluding carboxylic acids is 1. The minimum atomic E-state index is 0.361. The number of Topliss-reactive ketones (excluding diaryl/α,β-unsaturated/α-hetero) is 1. The molecule has 1 rings (SSSR count). The summed E-state index contributed by atoms with van der Waals surface area (Å²) in [6.07, 6.45) is 12.2. The van der Waals surface area contributed by atoms with Crippen molar-refractivity contribution in [3.63, 3.8) is 0 Å². The normalized spacial score (nSPS) is 13.3. The van der Waals surface area contributed by atoms with E-state index in [1.807, 2.05) is 0 Å². The van der Waals surface area contributed by atoms with Crippen molar-refractivity contribution in [2.75, 3.05) is 14.2 Å². The van der Waals surface area contributed by atoms with E-state index in [9.17, 15) is 4.79 Å². The predicted molar refractivity (Wildman–Crippen MR) is 142 cm³/mol. The molecule has 2 atom stereocenters. The molecule has 0 aliphatic heterocycles. The Morgan fingerprint density at radius 2 is 1.15 bits per heavy atom. The highest BCUT2D eigenvalue weighted by atomic mass is 16.5. The van der Waals surface area contributed by atoms with Gasteiger partial charge in [0.25, 0.3) is 0 Å². The van der Waals surface area contributed by atoms with Gasteiger partial charge in [0.05, 0.1) is 14.2 Å². The molecule has 0 radical (unpaired) electrons. The van der Waals surface area contributed by atoms with Gasteiger partial charge in [-0.15, -0.1) is 0 Å². The van der Waals surface area contributed by atoms with Crippen molar-refractivity contribution in [2.45, 2.75) is 119 Å². The monoisotopic (exact) mass is 460 g/mol. The highest BCUT2D eigenvalue weighted by Crippen LogP contribution is 2.38. The van der Waals surface area contributed by atoms with Crippen LogP contribution in [0.25, 0.3) is 0 Å². The average molecular weight is 461 g/mol. The maximum atomic E-state index is 12.6. The molecule has 0 aromatic heterocycles. The number of hydrogen-bond donors (Lipinski definition) is 0. The minimum Gasteiger partial charge on any atom is -0.496 e. The summed E-state index contributed by atoms with van der Waals surface area (Å²) >= 11 is 0. The second kappa shape index (κ2) is 15.4. The summed E-state index contributed by atoms with van der Waals surface area (Å²) in [5.41, 5.74) is 4.42. The van der Waals surface area contributed by atoms with Crippen LogP contribution in [0.3, 0.4) is 0 Å². The lowest BCUT2D eigenvalue weighted by molar-refractivity contribution is -0.119. The molecule has 0 aliphatic rings. The number of methoxy groups -OCH3 is 2. The molecule has 0 unspecified atom stereocenters. The van der Waals surface area contributed by atoms with E-state index in [1.54, 1.807) is 14.2 Å². The molecule has 0 amide bonds. The second-order valence-electron chi connectivity index (χ2n) is 10.8. The molecule has 0 heterocycles. The molecular weight excluding hydrogens is 408 g/mol. The van der Waals surface area contributed by atoms with Gasteiger partial charge < -0.3 is 9.47 Å². The number of ether oxygens (including phenoxy) is 2. The van der Waals surface area contributed by atoms with Crippen molar-refractivity contribution < 1.29 is 14.3 Å². The zero-order valence-electron chi connectivity index (χ0n) is 23.2. The fraction of sp³-hybridized carbons (Fsp3) is 0.767. The molecule has 3 heteroatoms. The Kier molecular flexibility index (Phi) is 13.8. The van der Waals surface area contributed by atoms with Crippen LogP contribution in [0.5, 0.6) is 11.5 Å². The smallest absolute Gasteiger partial charge is 0.133 e. The van der Waals surface area contributed by atoms with Crippen molar-refractivity contribution in [3.05, 3.63) is 22.3 Å². The topological polar surface area (TPSA) is 35.5 Å². The Hall–Kier alpha value is -1.51. The molecule has 0 bridgehead atoms. The Morgan fingerprint density at radius 3 is 1.67 bits per heavy atom. The van der Waals surface area contributed by atoms with E-state index in [0.29, 0.717) is 24.5 Å².